The van der Waals surface area contributed by atoms with Gasteiger partial charge in [0.25, 0.3) is 21.9 Å². The molecule has 2 atom stereocenters. The number of carbonyl (C=O) groups excluding carboxylic acids is 2. The first-order valence-corrected chi connectivity index (χ1v) is 17.3. The number of rotatable bonds is 8. The zero-order valence-electron chi connectivity index (χ0n) is 26.6. The van der Waals surface area contributed by atoms with Crippen molar-refractivity contribution in [1.29, 1.82) is 0 Å². The number of fused-ring (bicyclic) bond motifs is 3. The van der Waals surface area contributed by atoms with Gasteiger partial charge in [0.05, 0.1) is 27.8 Å². The van der Waals surface area contributed by atoms with Gasteiger partial charge in [-0.25, -0.2) is 8.78 Å². The predicted molar refractivity (Wildman–Crippen MR) is 176 cm³/mol. The highest BCUT2D eigenvalue weighted by molar-refractivity contribution is 7.86. The van der Waals surface area contributed by atoms with E-state index in [1.165, 1.54) is 36.0 Å². The van der Waals surface area contributed by atoms with E-state index in [1.54, 1.807) is 19.1 Å². The molecule has 1 aromatic heterocycles. The van der Waals surface area contributed by atoms with Gasteiger partial charge in [-0.05, 0) is 80.3 Å². The van der Waals surface area contributed by atoms with Crippen LogP contribution in [-0.4, -0.2) is 30.0 Å². The second-order valence-corrected chi connectivity index (χ2v) is 14.5. The van der Waals surface area contributed by atoms with Crippen LogP contribution >= 0.6 is 11.6 Å². The highest BCUT2D eigenvalue weighted by Gasteiger charge is 2.43. The van der Waals surface area contributed by atoms with Crippen LogP contribution < -0.4 is 10.6 Å². The van der Waals surface area contributed by atoms with Crippen LogP contribution in [-0.2, 0) is 27.5 Å². The molecular formula is C35H26ClF5N4O5S. The highest BCUT2D eigenvalue weighted by atomic mass is 35.5. The molecule has 1 aliphatic heterocycles. The summed E-state index contributed by atoms with van der Waals surface area (Å²) < 4.78 is 104. The molecule has 2 N–H and O–H groups in total. The third-order valence-electron chi connectivity index (χ3n) is 8.87. The number of nitrogens with zero attached hydrogens (tertiary/aromatic N) is 2. The smallest absolute Gasteiger partial charge is 0.341 e. The lowest BCUT2D eigenvalue weighted by molar-refractivity contribution is -0.137. The number of nitrogens with one attached hydrogen (secondary N) is 2. The van der Waals surface area contributed by atoms with Gasteiger partial charge in [0.15, 0.2) is 0 Å². The number of halogens is 6. The number of anilines is 1. The number of aryl methyl sites for hydroxylation is 2. The van der Waals surface area contributed by atoms with Crippen molar-refractivity contribution >= 4 is 50.1 Å². The Hall–Kier alpha value is -4.86. The van der Waals surface area contributed by atoms with Crippen molar-refractivity contribution in [2.45, 2.75) is 43.0 Å². The van der Waals surface area contributed by atoms with Gasteiger partial charge in [-0.2, -0.15) is 26.7 Å². The summed E-state index contributed by atoms with van der Waals surface area (Å²) in [7, 11) is -2.80. The van der Waals surface area contributed by atoms with Gasteiger partial charge < -0.3 is 10.6 Å². The molecule has 5 aromatic rings. The third kappa shape index (κ3) is 6.45. The molecule has 0 saturated heterocycles. The summed E-state index contributed by atoms with van der Waals surface area (Å²) >= 11 is 6.43. The normalized spacial score (nSPS) is 16.6. The lowest BCUT2D eigenvalue weighted by Gasteiger charge is -2.20. The number of carbonyl (C=O) groups is 2. The lowest BCUT2D eigenvalue weighted by atomic mass is 9.93. The van der Waals surface area contributed by atoms with Crippen LogP contribution in [0.5, 0.6) is 0 Å². The molecule has 4 aromatic carbocycles. The number of alkyl halides is 3. The number of aromatic nitrogens is 2. The Kier molecular flexibility index (Phi) is 8.42. The van der Waals surface area contributed by atoms with Gasteiger partial charge in [-0.3, -0.25) is 18.5 Å². The minimum Gasteiger partial charge on any atom is -0.341 e. The molecule has 0 spiro atoms. The minimum absolute atomic E-state index is 0.0529. The van der Waals surface area contributed by atoms with E-state index < -0.39 is 63.0 Å². The molecule has 2 amide bonds. The second-order valence-electron chi connectivity index (χ2n) is 12.5. The van der Waals surface area contributed by atoms with Gasteiger partial charge in [-0.1, -0.05) is 29.3 Å². The summed E-state index contributed by atoms with van der Waals surface area (Å²) in [5.41, 5.74) is -0.975. The van der Waals surface area contributed by atoms with Crippen LogP contribution in [0.3, 0.4) is 0 Å². The number of hydrogen-bond donors (Lipinski definition) is 2. The average molecular weight is 745 g/mol. The third-order valence-corrected chi connectivity index (χ3v) is 10.5. The summed E-state index contributed by atoms with van der Waals surface area (Å²) in [6, 6.07) is 11.1. The monoisotopic (exact) mass is 744 g/mol. The predicted octanol–water partition coefficient (Wildman–Crippen LogP) is 7.77. The fourth-order valence-electron chi connectivity index (χ4n) is 6.30. The maximum atomic E-state index is 14.5. The van der Waals surface area contributed by atoms with Crippen molar-refractivity contribution in [2.24, 2.45) is 13.0 Å². The van der Waals surface area contributed by atoms with E-state index in [-0.39, 0.29) is 60.9 Å². The zero-order chi connectivity index (χ0) is 36.6. The first kappa shape index (κ1) is 34.6. The Balaban J connectivity index is 1.41. The number of amides is 2. The highest BCUT2D eigenvalue weighted by Crippen LogP contribution is 2.49. The summed E-state index contributed by atoms with van der Waals surface area (Å²) in [6.07, 6.45) is -4.84. The quantitative estimate of drug-likeness (QED) is 0.124. The van der Waals surface area contributed by atoms with Crippen LogP contribution in [0.25, 0.3) is 10.9 Å². The van der Waals surface area contributed by atoms with Crippen LogP contribution in [0.2, 0.25) is 5.02 Å². The first-order valence-electron chi connectivity index (χ1n) is 15.5. The van der Waals surface area contributed by atoms with Crippen molar-refractivity contribution in [2.75, 3.05) is 5.32 Å². The summed E-state index contributed by atoms with van der Waals surface area (Å²) in [4.78, 5) is 27.2. The molecular weight excluding hydrogens is 719 g/mol. The second kappa shape index (κ2) is 12.4. The van der Waals surface area contributed by atoms with Crippen LogP contribution in [0.4, 0.5) is 27.6 Å². The molecule has 9 nitrogen and oxygen atoms in total. The Morgan fingerprint density at radius 1 is 1.04 bits per heavy atom. The van der Waals surface area contributed by atoms with Gasteiger partial charge in [0.1, 0.15) is 23.3 Å². The van der Waals surface area contributed by atoms with E-state index in [4.69, 9.17) is 15.8 Å². The fourth-order valence-corrected chi connectivity index (χ4v) is 7.63. The van der Waals surface area contributed by atoms with E-state index in [1.807, 2.05) is 0 Å². The first-order chi connectivity index (χ1) is 24.0. The van der Waals surface area contributed by atoms with Crippen LogP contribution in [0, 0.1) is 24.5 Å². The van der Waals surface area contributed by atoms with Gasteiger partial charge in [0.2, 0.25) is 0 Å². The van der Waals surface area contributed by atoms with E-state index in [0.29, 0.717) is 25.0 Å². The molecule has 2 aliphatic rings. The summed E-state index contributed by atoms with van der Waals surface area (Å²) in [6.45, 7) is 1.80. The maximum absolute atomic E-state index is 14.5. The van der Waals surface area contributed by atoms with Crippen molar-refractivity contribution in [1.82, 2.24) is 15.1 Å². The Labute approximate surface area is 292 Å². The van der Waals surface area contributed by atoms with Crippen molar-refractivity contribution < 1.29 is 44.1 Å². The van der Waals surface area contributed by atoms with E-state index in [9.17, 15) is 40.0 Å². The van der Waals surface area contributed by atoms with Gasteiger partial charge in [0, 0.05) is 39.8 Å². The van der Waals surface area contributed by atoms with Crippen LogP contribution in [0.1, 0.15) is 73.7 Å². The molecule has 51 heavy (non-hydrogen) atoms. The minimum atomic E-state index is -4.96. The Bertz CT molecular complexity index is 2380. The topological polar surface area (TPSA) is 119 Å². The molecule has 1 fully saturated rings. The average Bonchev–Trinajstić information content (AvgIpc) is 3.77. The Morgan fingerprint density at radius 2 is 1.75 bits per heavy atom. The van der Waals surface area contributed by atoms with Gasteiger partial charge in [-0.15, -0.1) is 0 Å². The number of hydrogen-bond acceptors (Lipinski definition) is 6. The molecule has 1 saturated carbocycles. The van der Waals surface area contributed by atoms with E-state index >= 15 is 0 Å². The van der Waals surface area contributed by atoms with Crippen molar-refractivity contribution in [3.63, 3.8) is 0 Å². The summed E-state index contributed by atoms with van der Waals surface area (Å²) in [5, 5.41) is 10.0. The fraction of sp³-hybridized carbons (Fsp3) is 0.229. The Morgan fingerprint density at radius 3 is 2.41 bits per heavy atom. The number of benzene rings is 4. The molecule has 2 unspecified atom stereocenters. The van der Waals surface area contributed by atoms with Gasteiger partial charge >= 0.3 is 6.18 Å². The van der Waals surface area contributed by atoms with Crippen molar-refractivity contribution in [3.8, 4) is 0 Å². The SMILES string of the molecule is Cc1ccc(S(=O)(=O)OC(c2c3cc(NC(=O)c4cc(F)cc(C(F)(F)F)c4)c4c(c3nn2C)C(=O)NC4c2cc(F)ccc2Cl)C2CC2)cc1. The van der Waals surface area contributed by atoms with Crippen LogP contribution in [0.15, 0.2) is 71.6 Å². The maximum Gasteiger partial charge on any atom is 0.416 e. The molecule has 264 valence electrons. The molecule has 2 heterocycles. The van der Waals surface area contributed by atoms with E-state index in [2.05, 4.69) is 15.7 Å². The van der Waals surface area contributed by atoms with E-state index in [0.717, 1.165) is 17.7 Å². The molecule has 1 aliphatic carbocycles. The lowest BCUT2D eigenvalue weighted by Crippen LogP contribution is -2.21. The molecule has 0 radical (unpaired) electrons. The molecule has 16 heteroatoms. The van der Waals surface area contributed by atoms with Crippen molar-refractivity contribution in [3.05, 3.63) is 122 Å². The summed E-state index contributed by atoms with van der Waals surface area (Å²) in [5.74, 6) is -4.14. The molecule has 7 rings (SSSR count). The standard InChI is InChI=1S/C35H26ClF5N4O5S/c1-16-3-8-22(9-4-16)51(48,49)50-32(17-5-6-17)31-24-15-26(42-33(46)18-11-19(35(39,40)41)13-21(38)12-18)27-28(30(24)44-45(31)2)34(47)43-29(27)23-14-20(37)7-10-25(23)36/h3-4,7-15,17,29,32H,5-6H2,1-2H3,(H,42,46)(H,43,47). The molecule has 0 bridgehead atoms. The zero-order valence-corrected chi connectivity index (χ0v) is 28.2. The largest absolute Gasteiger partial charge is 0.416 e.